The fourth-order valence-corrected chi connectivity index (χ4v) is 8.46. The molecule has 12 nitrogen and oxygen atoms in total. The summed E-state index contributed by atoms with van der Waals surface area (Å²) < 4.78 is 51.5. The number of azide groups is 1. The fraction of sp³-hybridized carbons (Fsp3) is 0.320. The minimum atomic E-state index is -0.887. The molecule has 0 aromatic heterocycles. The molecular weight excluding hydrogens is 787 g/mol. The number of hydrogen-bond acceptors (Lipinski definition) is 10. The lowest BCUT2D eigenvalue weighted by Crippen LogP contribution is -2.54. The number of ether oxygens (including phenoxy) is 8. The number of aromatic hydroxyl groups is 1. The Bertz CT molecular complexity index is 2490. The lowest BCUT2D eigenvalue weighted by Gasteiger charge is -2.44. The van der Waals surface area contributed by atoms with Gasteiger partial charge in [-0.05, 0) is 71.8 Å². The number of hydrogen-bond donors (Lipinski definition) is 1. The molecule has 2 fully saturated rings. The van der Waals surface area contributed by atoms with Gasteiger partial charge in [0.15, 0.2) is 6.29 Å². The number of methoxy groups -OCH3 is 2. The third-order valence-electron chi connectivity index (χ3n) is 11.4. The second-order valence-electron chi connectivity index (χ2n) is 15.5. The molecule has 6 aromatic rings. The predicted octanol–water partition coefficient (Wildman–Crippen LogP) is 10.9. The van der Waals surface area contributed by atoms with Crippen molar-refractivity contribution in [2.45, 2.75) is 76.8 Å². The maximum absolute atomic E-state index is 13.0. The van der Waals surface area contributed by atoms with Crippen LogP contribution in [0.5, 0.6) is 23.0 Å². The number of phenolic OH excluding ortho intramolecular Hbond substituents is 1. The third kappa shape index (κ3) is 9.07. The first-order valence-electron chi connectivity index (χ1n) is 20.8. The molecular formula is C50H51N3O9. The topological polar surface area (TPSA) is 143 Å². The van der Waals surface area contributed by atoms with E-state index in [1.165, 1.54) is 0 Å². The molecule has 0 saturated carbocycles. The summed E-state index contributed by atoms with van der Waals surface area (Å²) in [7, 11) is 3.18. The zero-order valence-electron chi connectivity index (χ0n) is 35.3. The number of nitrogens with zero attached hydrogens (tertiary/aromatic N) is 3. The largest absolute Gasteiger partial charge is 0.507 e. The number of phenols is 1. The number of fused-ring (bicyclic) bond motifs is 1. The van der Waals surface area contributed by atoms with Gasteiger partial charge < -0.3 is 43.0 Å². The van der Waals surface area contributed by atoms with Gasteiger partial charge in [0.1, 0.15) is 35.7 Å². The number of aryl methyl sites for hydroxylation is 1. The van der Waals surface area contributed by atoms with Crippen LogP contribution in [0.1, 0.15) is 59.1 Å². The molecule has 62 heavy (non-hydrogen) atoms. The lowest BCUT2D eigenvalue weighted by atomic mass is 9.85. The molecule has 0 amide bonds. The van der Waals surface area contributed by atoms with Crippen LogP contribution in [0.15, 0.2) is 126 Å². The lowest BCUT2D eigenvalue weighted by molar-refractivity contribution is -0.208. The highest BCUT2D eigenvalue weighted by Gasteiger charge is 2.47. The molecule has 0 bridgehead atoms. The summed E-state index contributed by atoms with van der Waals surface area (Å²) >= 11 is 0. The third-order valence-corrected chi connectivity index (χ3v) is 11.4. The summed E-state index contributed by atoms with van der Waals surface area (Å²) in [5.74, 6) is 1.34. The number of benzene rings is 6. The van der Waals surface area contributed by atoms with Crippen molar-refractivity contribution >= 4 is 10.8 Å². The van der Waals surface area contributed by atoms with Crippen LogP contribution in [0, 0.1) is 6.92 Å². The van der Waals surface area contributed by atoms with E-state index in [-0.39, 0.29) is 25.6 Å². The average Bonchev–Trinajstić information content (AvgIpc) is 3.31. The average molecular weight is 838 g/mol. The molecule has 2 heterocycles. The Morgan fingerprint density at radius 3 is 1.89 bits per heavy atom. The van der Waals surface area contributed by atoms with Gasteiger partial charge in [-0.15, -0.1) is 0 Å². The molecule has 12 heteroatoms. The minimum Gasteiger partial charge on any atom is -0.507 e. The van der Waals surface area contributed by atoms with Crippen LogP contribution < -0.4 is 14.2 Å². The predicted molar refractivity (Wildman–Crippen MR) is 235 cm³/mol. The second-order valence-corrected chi connectivity index (χ2v) is 15.5. The maximum atomic E-state index is 13.0. The van der Waals surface area contributed by atoms with Crippen molar-refractivity contribution in [2.24, 2.45) is 5.11 Å². The van der Waals surface area contributed by atoms with Gasteiger partial charge in [-0.1, -0.05) is 108 Å². The minimum absolute atomic E-state index is 0.0824. The van der Waals surface area contributed by atoms with Gasteiger partial charge in [0.2, 0.25) is 0 Å². The monoisotopic (exact) mass is 837 g/mol. The molecule has 0 spiro atoms. The van der Waals surface area contributed by atoms with E-state index < -0.39 is 36.7 Å². The van der Waals surface area contributed by atoms with Gasteiger partial charge in [0, 0.05) is 27.0 Å². The van der Waals surface area contributed by atoms with Crippen molar-refractivity contribution < 1.29 is 43.0 Å². The van der Waals surface area contributed by atoms with Crippen molar-refractivity contribution in [1.82, 2.24) is 0 Å². The van der Waals surface area contributed by atoms with Crippen LogP contribution in [0.4, 0.5) is 0 Å². The van der Waals surface area contributed by atoms with E-state index in [1.54, 1.807) is 20.3 Å². The Kier molecular flexibility index (Phi) is 13.5. The molecule has 0 aliphatic carbocycles. The van der Waals surface area contributed by atoms with Crippen molar-refractivity contribution in [3.63, 3.8) is 0 Å². The Labute approximate surface area is 361 Å². The summed E-state index contributed by atoms with van der Waals surface area (Å²) in [5.41, 5.74) is 16.1. The maximum Gasteiger partial charge on any atom is 0.184 e. The van der Waals surface area contributed by atoms with E-state index in [0.717, 1.165) is 28.7 Å². The number of rotatable bonds is 15. The van der Waals surface area contributed by atoms with Crippen molar-refractivity contribution in [3.8, 4) is 34.1 Å². The highest BCUT2D eigenvalue weighted by atomic mass is 16.7. The molecule has 2 saturated heterocycles. The molecule has 5 atom stereocenters. The first-order chi connectivity index (χ1) is 30.4. The summed E-state index contributed by atoms with van der Waals surface area (Å²) in [4.78, 5) is 3.32. The normalized spacial score (nSPS) is 20.4. The molecule has 1 N–H and O–H groups in total. The van der Waals surface area contributed by atoms with E-state index in [4.69, 9.17) is 37.9 Å². The molecule has 0 unspecified atom stereocenters. The highest BCUT2D eigenvalue weighted by molar-refractivity contribution is 6.05. The van der Waals surface area contributed by atoms with Crippen LogP contribution in [0.3, 0.4) is 0 Å². The summed E-state index contributed by atoms with van der Waals surface area (Å²) in [6, 6.07) is 38.0. The zero-order chi connectivity index (χ0) is 43.0. The van der Waals surface area contributed by atoms with Crippen molar-refractivity contribution in [1.29, 1.82) is 0 Å². The highest BCUT2D eigenvalue weighted by Crippen LogP contribution is 2.53. The first kappa shape index (κ1) is 42.6. The standard InChI is InChI=1S/C50H51N3O9/c1-31-25-38(50-57-23-14-24-58-50)42(40(26-31)55-3)37-27-41(56-4)44-39(59-28-33-15-8-5-9-16-33)22-21-36(43(44)46(37)54)48-49(61-30-35-19-12-7-13-20-35)45(52-53-51)47(32(2)62-48)60-29-34-17-10-6-11-18-34/h5-13,15-22,25-27,32,45,47-50,54H,14,23-24,28-30H2,1-4H3/t32-,45+,47+,48+,49-/m0/s1. The van der Waals surface area contributed by atoms with Gasteiger partial charge in [0.25, 0.3) is 0 Å². The van der Waals surface area contributed by atoms with E-state index in [1.807, 2.05) is 129 Å². The molecule has 0 radical (unpaired) electrons. The van der Waals surface area contributed by atoms with E-state index in [0.29, 0.717) is 63.5 Å². The Morgan fingerprint density at radius 2 is 1.29 bits per heavy atom. The van der Waals surface area contributed by atoms with E-state index in [2.05, 4.69) is 10.0 Å². The molecule has 8 rings (SSSR count). The molecule has 2 aliphatic heterocycles. The smallest absolute Gasteiger partial charge is 0.184 e. The Balaban J connectivity index is 1.33. The zero-order valence-corrected chi connectivity index (χ0v) is 35.3. The summed E-state index contributed by atoms with van der Waals surface area (Å²) in [6.07, 6.45) is -2.98. The van der Waals surface area contributed by atoms with Gasteiger partial charge in [0.05, 0.1) is 70.4 Å². The van der Waals surface area contributed by atoms with Crippen molar-refractivity contribution in [2.75, 3.05) is 27.4 Å². The van der Waals surface area contributed by atoms with Gasteiger partial charge in [-0.25, -0.2) is 0 Å². The molecule has 6 aromatic carbocycles. The van der Waals surface area contributed by atoms with Crippen LogP contribution >= 0.6 is 0 Å². The quantitative estimate of drug-likeness (QED) is 0.0607. The fourth-order valence-electron chi connectivity index (χ4n) is 8.46. The Morgan fingerprint density at radius 1 is 0.694 bits per heavy atom. The van der Waals surface area contributed by atoms with E-state index in [9.17, 15) is 10.6 Å². The first-order valence-corrected chi connectivity index (χ1v) is 20.8. The SMILES string of the molecule is COc1cc(C)cc(C2OCCCO2)c1-c1cc(OC)c2c(OCc3ccccc3)ccc([C@H]3O[C@@H](C)[C@@H](OCc4ccccc4)[C@@H](N=[N+]=[N-])[C@@H]3OCc3ccccc3)c2c1O. The second kappa shape index (κ2) is 19.7. The summed E-state index contributed by atoms with van der Waals surface area (Å²) in [6.45, 7) is 5.61. The Hall–Kier alpha value is -6.11. The van der Waals surface area contributed by atoms with Gasteiger partial charge in [-0.3, -0.25) is 0 Å². The van der Waals surface area contributed by atoms with E-state index >= 15 is 0 Å². The van der Waals surface area contributed by atoms with Crippen LogP contribution in [0.2, 0.25) is 0 Å². The summed E-state index contributed by atoms with van der Waals surface area (Å²) in [5, 5.41) is 18.3. The van der Waals surface area contributed by atoms with Crippen molar-refractivity contribution in [3.05, 3.63) is 165 Å². The van der Waals surface area contributed by atoms with Crippen LogP contribution in [-0.2, 0) is 43.5 Å². The molecule has 320 valence electrons. The van der Waals surface area contributed by atoms with Crippen LogP contribution in [0.25, 0.3) is 32.3 Å². The van der Waals surface area contributed by atoms with Crippen LogP contribution in [-0.4, -0.2) is 56.9 Å². The molecule has 2 aliphatic rings. The van der Waals surface area contributed by atoms with Gasteiger partial charge in [-0.2, -0.15) is 0 Å². The van der Waals surface area contributed by atoms with Gasteiger partial charge >= 0.3 is 0 Å².